The van der Waals surface area contributed by atoms with Crippen molar-refractivity contribution in [3.8, 4) is 5.75 Å². The first kappa shape index (κ1) is 20.9. The van der Waals surface area contributed by atoms with E-state index >= 15 is 0 Å². The van der Waals surface area contributed by atoms with Crippen LogP contribution < -0.4 is 14.8 Å². The van der Waals surface area contributed by atoms with Crippen molar-refractivity contribution < 1.29 is 17.9 Å². The van der Waals surface area contributed by atoms with Gasteiger partial charge in [0.15, 0.2) is 6.61 Å². The minimum atomic E-state index is -3.72. The van der Waals surface area contributed by atoms with Crippen LogP contribution in [-0.2, 0) is 14.8 Å². The number of carbonyl (C=O) groups is 1. The zero-order valence-corrected chi connectivity index (χ0v) is 18.0. The van der Waals surface area contributed by atoms with Gasteiger partial charge in [-0.2, -0.15) is 0 Å². The minimum absolute atomic E-state index is 0.116. The first-order chi connectivity index (χ1) is 13.8. The molecule has 0 aliphatic heterocycles. The molecule has 2 N–H and O–H groups in total. The highest BCUT2D eigenvalue weighted by Crippen LogP contribution is 2.24. The molecule has 0 saturated heterocycles. The highest BCUT2D eigenvalue weighted by atomic mass is 79.9. The maximum Gasteiger partial charge on any atom is 0.262 e. The normalized spacial score (nSPS) is 11.0. The fourth-order valence-corrected chi connectivity index (χ4v) is 4.12. The van der Waals surface area contributed by atoms with E-state index in [-0.39, 0.29) is 17.4 Å². The zero-order valence-electron chi connectivity index (χ0n) is 15.6. The third kappa shape index (κ3) is 5.82. The molecule has 1 amide bonds. The number of ether oxygens (including phenoxy) is 1. The molecule has 0 aromatic heterocycles. The Balaban J connectivity index is 1.64. The van der Waals surface area contributed by atoms with Gasteiger partial charge in [-0.3, -0.25) is 9.52 Å². The molecule has 6 nitrogen and oxygen atoms in total. The summed E-state index contributed by atoms with van der Waals surface area (Å²) in [7, 11) is -3.72. The molecule has 0 spiro atoms. The number of halogens is 1. The van der Waals surface area contributed by atoms with Gasteiger partial charge in [-0.1, -0.05) is 40.2 Å². The van der Waals surface area contributed by atoms with Crippen LogP contribution in [0.3, 0.4) is 0 Å². The molecule has 150 valence electrons. The van der Waals surface area contributed by atoms with Crippen molar-refractivity contribution in [3.05, 3.63) is 82.8 Å². The van der Waals surface area contributed by atoms with Crippen molar-refractivity contribution in [1.29, 1.82) is 0 Å². The quantitative estimate of drug-likeness (QED) is 0.524. The molecule has 3 rings (SSSR count). The van der Waals surface area contributed by atoms with E-state index in [1.807, 2.05) is 12.1 Å². The number of benzene rings is 3. The Labute approximate surface area is 178 Å². The Morgan fingerprint density at radius 2 is 1.69 bits per heavy atom. The summed E-state index contributed by atoms with van der Waals surface area (Å²) in [5, 5.41) is 2.74. The molecule has 0 unspecified atom stereocenters. The Kier molecular flexibility index (Phi) is 6.56. The minimum Gasteiger partial charge on any atom is -0.483 e. The molecule has 3 aromatic carbocycles. The van der Waals surface area contributed by atoms with Gasteiger partial charge in [-0.05, 0) is 61.0 Å². The number of amides is 1. The van der Waals surface area contributed by atoms with E-state index in [9.17, 15) is 13.2 Å². The second kappa shape index (κ2) is 9.11. The van der Waals surface area contributed by atoms with Crippen LogP contribution in [0, 0.1) is 6.92 Å². The predicted molar refractivity (Wildman–Crippen MR) is 117 cm³/mol. The summed E-state index contributed by atoms with van der Waals surface area (Å²) in [6.45, 7) is 1.53. The number of nitrogens with one attached hydrogen (secondary N) is 2. The number of anilines is 2. The number of hydrogen-bond donors (Lipinski definition) is 2. The number of aryl methyl sites for hydroxylation is 1. The molecular weight excluding hydrogens is 456 g/mol. The van der Waals surface area contributed by atoms with Gasteiger partial charge in [0.2, 0.25) is 0 Å². The molecule has 0 fully saturated rings. The molecule has 0 radical (unpaired) electrons. The third-order valence-electron chi connectivity index (χ3n) is 3.95. The largest absolute Gasteiger partial charge is 0.483 e. The molecule has 29 heavy (non-hydrogen) atoms. The molecular formula is C21H19BrN2O4S. The van der Waals surface area contributed by atoms with Gasteiger partial charge in [-0.25, -0.2) is 8.42 Å². The van der Waals surface area contributed by atoms with Crippen molar-refractivity contribution >= 4 is 43.2 Å². The lowest BCUT2D eigenvalue weighted by atomic mass is 10.2. The topological polar surface area (TPSA) is 84.5 Å². The predicted octanol–water partition coefficient (Wildman–Crippen LogP) is 4.58. The van der Waals surface area contributed by atoms with Crippen LogP contribution >= 0.6 is 15.9 Å². The summed E-state index contributed by atoms with van der Waals surface area (Å²) in [5.41, 5.74) is 1.74. The van der Waals surface area contributed by atoms with E-state index in [1.54, 1.807) is 55.5 Å². The van der Waals surface area contributed by atoms with Gasteiger partial charge >= 0.3 is 0 Å². The number of carbonyl (C=O) groups excluding carboxylic acids is 1. The molecule has 0 saturated carbocycles. The molecule has 0 atom stereocenters. The summed E-state index contributed by atoms with van der Waals surface area (Å²) in [6, 6.07) is 20.4. The van der Waals surface area contributed by atoms with Crippen LogP contribution in [-0.4, -0.2) is 20.9 Å². The van der Waals surface area contributed by atoms with Crippen LogP contribution in [0.5, 0.6) is 5.75 Å². The lowest BCUT2D eigenvalue weighted by Crippen LogP contribution is -2.20. The fraction of sp³-hybridized carbons (Fsp3) is 0.0952. The van der Waals surface area contributed by atoms with Gasteiger partial charge in [0.05, 0.1) is 4.90 Å². The fourth-order valence-electron chi connectivity index (χ4n) is 2.58. The average molecular weight is 475 g/mol. The lowest BCUT2D eigenvalue weighted by molar-refractivity contribution is -0.118. The second-order valence-electron chi connectivity index (χ2n) is 6.25. The smallest absolute Gasteiger partial charge is 0.262 e. The number of rotatable bonds is 7. The first-order valence-electron chi connectivity index (χ1n) is 8.70. The lowest BCUT2D eigenvalue weighted by Gasteiger charge is -2.12. The number of sulfonamides is 1. The highest BCUT2D eigenvalue weighted by Gasteiger charge is 2.16. The number of para-hydroxylation sites is 1. The molecule has 0 bridgehead atoms. The summed E-state index contributed by atoms with van der Waals surface area (Å²) >= 11 is 3.34. The first-order valence-corrected chi connectivity index (χ1v) is 11.0. The Hall–Kier alpha value is -2.84. The van der Waals surface area contributed by atoms with E-state index in [2.05, 4.69) is 26.0 Å². The third-order valence-corrected chi connectivity index (χ3v) is 5.82. The molecule has 8 heteroatoms. The van der Waals surface area contributed by atoms with Crippen molar-refractivity contribution in [1.82, 2.24) is 0 Å². The van der Waals surface area contributed by atoms with Gasteiger partial charge in [0.25, 0.3) is 15.9 Å². The van der Waals surface area contributed by atoms with Crippen LogP contribution in [0.2, 0.25) is 0 Å². The van der Waals surface area contributed by atoms with Crippen LogP contribution in [0.25, 0.3) is 0 Å². The van der Waals surface area contributed by atoms with E-state index in [4.69, 9.17) is 4.74 Å². The van der Waals surface area contributed by atoms with Crippen molar-refractivity contribution in [2.75, 3.05) is 16.6 Å². The Bertz CT molecular complexity index is 1120. The second-order valence-corrected chi connectivity index (χ2v) is 8.84. The van der Waals surface area contributed by atoms with Crippen LogP contribution in [0.1, 0.15) is 5.56 Å². The van der Waals surface area contributed by atoms with Crippen LogP contribution in [0.4, 0.5) is 11.4 Å². The molecule has 0 aliphatic carbocycles. The highest BCUT2D eigenvalue weighted by molar-refractivity contribution is 9.10. The van der Waals surface area contributed by atoms with Crippen molar-refractivity contribution in [2.45, 2.75) is 11.8 Å². The summed E-state index contributed by atoms with van der Waals surface area (Å²) in [4.78, 5) is 12.2. The average Bonchev–Trinajstić information content (AvgIpc) is 2.67. The van der Waals surface area contributed by atoms with E-state index < -0.39 is 10.0 Å². The molecule has 0 heterocycles. The van der Waals surface area contributed by atoms with Crippen molar-refractivity contribution in [2.24, 2.45) is 0 Å². The van der Waals surface area contributed by atoms with Gasteiger partial charge in [0.1, 0.15) is 5.75 Å². The monoisotopic (exact) mass is 474 g/mol. The van der Waals surface area contributed by atoms with Gasteiger partial charge in [-0.15, -0.1) is 0 Å². The zero-order chi connectivity index (χ0) is 20.9. The maximum absolute atomic E-state index is 12.5. The van der Waals surface area contributed by atoms with Gasteiger partial charge in [0, 0.05) is 15.8 Å². The maximum atomic E-state index is 12.5. The van der Waals surface area contributed by atoms with E-state index in [0.29, 0.717) is 22.7 Å². The molecule has 3 aromatic rings. The van der Waals surface area contributed by atoms with Gasteiger partial charge < -0.3 is 10.1 Å². The van der Waals surface area contributed by atoms with E-state index in [0.717, 1.165) is 4.47 Å². The Morgan fingerprint density at radius 1 is 0.966 bits per heavy atom. The Morgan fingerprint density at radius 3 is 2.38 bits per heavy atom. The van der Waals surface area contributed by atoms with Crippen molar-refractivity contribution in [3.63, 3.8) is 0 Å². The standard InChI is InChI=1S/C21H19BrN2O4S/c1-15-12-19(29(26,27)24-17-7-3-2-4-8-17)10-11-20(15)28-14-21(25)23-18-9-5-6-16(22)13-18/h2-13,24H,14H2,1H3,(H,23,25). The summed E-state index contributed by atoms with van der Waals surface area (Å²) in [5.74, 6) is 0.123. The molecule has 0 aliphatic rings. The summed E-state index contributed by atoms with van der Waals surface area (Å²) in [6.07, 6.45) is 0. The van der Waals surface area contributed by atoms with Crippen LogP contribution in [0.15, 0.2) is 82.2 Å². The van der Waals surface area contributed by atoms with E-state index in [1.165, 1.54) is 12.1 Å². The summed E-state index contributed by atoms with van der Waals surface area (Å²) < 4.78 is 34.0. The SMILES string of the molecule is Cc1cc(S(=O)(=O)Nc2ccccc2)ccc1OCC(=O)Nc1cccc(Br)c1. The number of hydrogen-bond acceptors (Lipinski definition) is 4.